The number of aryl methyl sites for hydroxylation is 2. The minimum absolute atomic E-state index is 0.255. The lowest BCUT2D eigenvalue weighted by Gasteiger charge is -2.19. The van der Waals surface area contributed by atoms with Gasteiger partial charge in [-0.15, -0.1) is 0 Å². The van der Waals surface area contributed by atoms with E-state index < -0.39 is 0 Å². The SMILES string of the molecule is CC(=O)CC(C)n1c(C)nc2c1CCCC2. The number of Topliss-reactive ketones (excluding diaryl/α,β-unsaturated/α-hetero) is 1. The summed E-state index contributed by atoms with van der Waals surface area (Å²) in [5.41, 5.74) is 2.64. The molecule has 88 valence electrons. The van der Waals surface area contributed by atoms with E-state index in [1.807, 2.05) is 0 Å². The van der Waals surface area contributed by atoms with E-state index in [0.29, 0.717) is 6.42 Å². The van der Waals surface area contributed by atoms with Crippen LogP contribution in [0.2, 0.25) is 0 Å². The molecule has 1 unspecified atom stereocenters. The first-order valence-corrected chi connectivity index (χ1v) is 6.15. The second-order valence-electron chi connectivity index (χ2n) is 4.88. The van der Waals surface area contributed by atoms with Crippen LogP contribution in [0.4, 0.5) is 0 Å². The molecule has 0 saturated carbocycles. The van der Waals surface area contributed by atoms with Gasteiger partial charge in [-0.3, -0.25) is 4.79 Å². The number of rotatable bonds is 3. The van der Waals surface area contributed by atoms with Gasteiger partial charge in [-0.05, 0) is 46.5 Å². The van der Waals surface area contributed by atoms with E-state index in [0.717, 1.165) is 18.7 Å². The number of fused-ring (bicyclic) bond motifs is 1. The van der Waals surface area contributed by atoms with Gasteiger partial charge in [0.1, 0.15) is 11.6 Å². The molecule has 0 N–H and O–H groups in total. The molecule has 1 aromatic heterocycles. The van der Waals surface area contributed by atoms with Crippen LogP contribution in [-0.2, 0) is 17.6 Å². The maximum Gasteiger partial charge on any atom is 0.131 e. The van der Waals surface area contributed by atoms with Crippen LogP contribution in [0.25, 0.3) is 0 Å². The molecule has 1 aliphatic rings. The molecule has 0 fully saturated rings. The van der Waals surface area contributed by atoms with E-state index >= 15 is 0 Å². The molecular weight excluding hydrogens is 200 g/mol. The Morgan fingerprint density at radius 1 is 1.44 bits per heavy atom. The molecule has 1 aromatic rings. The molecule has 0 aromatic carbocycles. The summed E-state index contributed by atoms with van der Waals surface area (Å²) in [7, 11) is 0. The molecule has 0 saturated heterocycles. The molecule has 3 nitrogen and oxygen atoms in total. The van der Waals surface area contributed by atoms with Crippen molar-refractivity contribution in [2.45, 2.75) is 58.9 Å². The van der Waals surface area contributed by atoms with Crippen LogP contribution in [0.15, 0.2) is 0 Å². The van der Waals surface area contributed by atoms with E-state index in [9.17, 15) is 4.79 Å². The average molecular weight is 220 g/mol. The van der Waals surface area contributed by atoms with Crippen LogP contribution in [0.3, 0.4) is 0 Å². The summed E-state index contributed by atoms with van der Waals surface area (Å²) in [6.45, 7) is 5.83. The van der Waals surface area contributed by atoms with Gasteiger partial charge in [0.2, 0.25) is 0 Å². The second-order valence-corrected chi connectivity index (χ2v) is 4.88. The smallest absolute Gasteiger partial charge is 0.131 e. The molecule has 0 radical (unpaired) electrons. The van der Waals surface area contributed by atoms with Crippen molar-refractivity contribution in [3.63, 3.8) is 0 Å². The third kappa shape index (κ3) is 2.04. The molecule has 1 heterocycles. The van der Waals surface area contributed by atoms with Crippen LogP contribution >= 0.6 is 0 Å². The van der Waals surface area contributed by atoms with Gasteiger partial charge in [0.05, 0.1) is 5.69 Å². The zero-order chi connectivity index (χ0) is 11.7. The fourth-order valence-electron chi connectivity index (χ4n) is 2.79. The lowest BCUT2D eigenvalue weighted by molar-refractivity contribution is -0.117. The number of aromatic nitrogens is 2. The van der Waals surface area contributed by atoms with Gasteiger partial charge in [-0.1, -0.05) is 0 Å². The van der Waals surface area contributed by atoms with Crippen molar-refractivity contribution in [2.75, 3.05) is 0 Å². The molecule has 3 heteroatoms. The summed E-state index contributed by atoms with van der Waals surface area (Å²) < 4.78 is 2.27. The molecule has 2 rings (SSSR count). The summed E-state index contributed by atoms with van der Waals surface area (Å²) in [5, 5.41) is 0. The summed E-state index contributed by atoms with van der Waals surface area (Å²) >= 11 is 0. The van der Waals surface area contributed by atoms with Crippen molar-refractivity contribution in [1.82, 2.24) is 9.55 Å². The van der Waals surface area contributed by atoms with Crippen molar-refractivity contribution < 1.29 is 4.79 Å². The summed E-state index contributed by atoms with van der Waals surface area (Å²) in [6.07, 6.45) is 5.35. The number of imidazole rings is 1. The predicted molar refractivity (Wildman–Crippen MR) is 63.6 cm³/mol. The zero-order valence-corrected chi connectivity index (χ0v) is 10.4. The van der Waals surface area contributed by atoms with Gasteiger partial charge in [0.25, 0.3) is 0 Å². The maximum atomic E-state index is 11.2. The van der Waals surface area contributed by atoms with E-state index in [1.54, 1.807) is 6.92 Å². The summed E-state index contributed by atoms with van der Waals surface area (Å²) in [6, 6.07) is 0.256. The normalized spacial score (nSPS) is 16.9. The Balaban J connectivity index is 2.32. The van der Waals surface area contributed by atoms with E-state index in [-0.39, 0.29) is 11.8 Å². The van der Waals surface area contributed by atoms with Gasteiger partial charge in [0.15, 0.2) is 0 Å². The van der Waals surface area contributed by atoms with Gasteiger partial charge in [0, 0.05) is 18.2 Å². The third-order valence-electron chi connectivity index (χ3n) is 3.37. The first-order valence-electron chi connectivity index (χ1n) is 6.15. The standard InChI is InChI=1S/C13H20N2O/c1-9(8-10(2)16)15-11(3)14-12-6-4-5-7-13(12)15/h9H,4-8H2,1-3H3. The van der Waals surface area contributed by atoms with Gasteiger partial charge in [-0.25, -0.2) is 4.98 Å². The molecule has 1 aliphatic carbocycles. The second kappa shape index (κ2) is 4.40. The molecule has 1 atom stereocenters. The van der Waals surface area contributed by atoms with Crippen molar-refractivity contribution in [2.24, 2.45) is 0 Å². The Morgan fingerprint density at radius 2 is 2.12 bits per heavy atom. The highest BCUT2D eigenvalue weighted by atomic mass is 16.1. The zero-order valence-electron chi connectivity index (χ0n) is 10.4. The first kappa shape index (κ1) is 11.4. The van der Waals surface area contributed by atoms with Crippen LogP contribution < -0.4 is 0 Å². The monoisotopic (exact) mass is 220 g/mol. The fourth-order valence-corrected chi connectivity index (χ4v) is 2.79. The van der Waals surface area contributed by atoms with E-state index in [2.05, 4.69) is 23.4 Å². The Hall–Kier alpha value is -1.12. The average Bonchev–Trinajstić information content (AvgIpc) is 2.52. The molecule has 0 amide bonds. The van der Waals surface area contributed by atoms with Gasteiger partial charge < -0.3 is 4.57 Å². The van der Waals surface area contributed by atoms with Crippen LogP contribution in [0.5, 0.6) is 0 Å². The number of hydrogen-bond acceptors (Lipinski definition) is 2. The fraction of sp³-hybridized carbons (Fsp3) is 0.692. The van der Waals surface area contributed by atoms with Crippen LogP contribution in [-0.4, -0.2) is 15.3 Å². The maximum absolute atomic E-state index is 11.2. The number of nitrogens with zero attached hydrogens (tertiary/aromatic N) is 2. The minimum Gasteiger partial charge on any atom is -0.329 e. The molecule has 0 bridgehead atoms. The van der Waals surface area contributed by atoms with E-state index in [1.165, 1.54) is 24.2 Å². The molecule has 0 aliphatic heterocycles. The highest BCUT2D eigenvalue weighted by Gasteiger charge is 2.21. The molecular formula is C13H20N2O. The third-order valence-corrected chi connectivity index (χ3v) is 3.37. The van der Waals surface area contributed by atoms with Gasteiger partial charge in [-0.2, -0.15) is 0 Å². The Labute approximate surface area is 96.9 Å². The number of ketones is 1. The quantitative estimate of drug-likeness (QED) is 0.784. The van der Waals surface area contributed by atoms with Crippen molar-refractivity contribution in [3.8, 4) is 0 Å². The Kier molecular flexibility index (Phi) is 3.13. The topological polar surface area (TPSA) is 34.9 Å². The highest BCUT2D eigenvalue weighted by molar-refractivity contribution is 5.75. The summed E-state index contributed by atoms with van der Waals surface area (Å²) in [4.78, 5) is 15.8. The Morgan fingerprint density at radius 3 is 2.81 bits per heavy atom. The van der Waals surface area contributed by atoms with Crippen LogP contribution in [0.1, 0.15) is 56.4 Å². The molecule has 16 heavy (non-hydrogen) atoms. The van der Waals surface area contributed by atoms with Gasteiger partial charge >= 0.3 is 0 Å². The Bertz CT molecular complexity index is 406. The van der Waals surface area contributed by atoms with Crippen LogP contribution in [0, 0.1) is 6.92 Å². The first-order chi connectivity index (χ1) is 7.59. The van der Waals surface area contributed by atoms with Crippen molar-refractivity contribution in [1.29, 1.82) is 0 Å². The lowest BCUT2D eigenvalue weighted by Crippen LogP contribution is -2.15. The molecule has 0 spiro atoms. The summed E-state index contributed by atoms with van der Waals surface area (Å²) in [5.74, 6) is 1.32. The van der Waals surface area contributed by atoms with Crippen molar-refractivity contribution >= 4 is 5.78 Å². The highest BCUT2D eigenvalue weighted by Crippen LogP contribution is 2.26. The largest absolute Gasteiger partial charge is 0.329 e. The predicted octanol–water partition coefficient (Wildman–Crippen LogP) is 2.61. The number of carbonyl (C=O) groups excluding carboxylic acids is 1. The number of carbonyl (C=O) groups is 1. The van der Waals surface area contributed by atoms with E-state index in [4.69, 9.17) is 0 Å². The lowest BCUT2D eigenvalue weighted by atomic mass is 10.0. The number of hydrogen-bond donors (Lipinski definition) is 0. The van der Waals surface area contributed by atoms with Crippen molar-refractivity contribution in [3.05, 3.63) is 17.2 Å². The minimum atomic E-state index is 0.255.